The Bertz CT molecular complexity index is 392. The van der Waals surface area contributed by atoms with Gasteiger partial charge in [0.05, 0.1) is 6.54 Å². The van der Waals surface area contributed by atoms with Crippen LogP contribution in [0.5, 0.6) is 0 Å². The topological polar surface area (TPSA) is 91.8 Å². The van der Waals surface area contributed by atoms with Crippen LogP contribution in [-0.4, -0.2) is 39.9 Å². The van der Waals surface area contributed by atoms with Gasteiger partial charge >= 0.3 is 0 Å². The van der Waals surface area contributed by atoms with Gasteiger partial charge in [-0.25, -0.2) is 0 Å². The van der Waals surface area contributed by atoms with E-state index in [-0.39, 0.29) is 18.3 Å². The maximum absolute atomic E-state index is 12.1. The van der Waals surface area contributed by atoms with Crippen LogP contribution in [-0.2, 0) is 0 Å². The quantitative estimate of drug-likeness (QED) is 0.340. The van der Waals surface area contributed by atoms with E-state index in [1.165, 1.54) is 4.90 Å². The molecular weight excluding hydrogens is 220 g/mol. The summed E-state index contributed by atoms with van der Waals surface area (Å²) in [5.41, 5.74) is 5.95. The van der Waals surface area contributed by atoms with Crippen molar-refractivity contribution in [2.24, 2.45) is 10.9 Å². The van der Waals surface area contributed by atoms with E-state index in [0.29, 0.717) is 12.1 Å². The van der Waals surface area contributed by atoms with Crippen molar-refractivity contribution >= 4 is 11.7 Å². The van der Waals surface area contributed by atoms with Crippen LogP contribution >= 0.6 is 0 Å². The number of hydrogen-bond donors (Lipinski definition) is 2. The van der Waals surface area contributed by atoms with Gasteiger partial charge in [-0.3, -0.25) is 9.78 Å². The lowest BCUT2D eigenvalue weighted by Gasteiger charge is -2.21. The van der Waals surface area contributed by atoms with E-state index < -0.39 is 0 Å². The number of carbonyl (C=O) groups is 1. The van der Waals surface area contributed by atoms with Gasteiger partial charge < -0.3 is 15.8 Å². The average molecular weight is 236 g/mol. The minimum Gasteiger partial charge on any atom is -0.409 e. The zero-order valence-corrected chi connectivity index (χ0v) is 9.71. The number of aromatic nitrogens is 1. The predicted molar refractivity (Wildman–Crippen MR) is 63.8 cm³/mol. The third-order valence-corrected chi connectivity index (χ3v) is 2.19. The summed E-state index contributed by atoms with van der Waals surface area (Å²) in [5, 5.41) is 11.4. The summed E-state index contributed by atoms with van der Waals surface area (Å²) >= 11 is 0. The maximum atomic E-state index is 12.1. The molecule has 0 aliphatic heterocycles. The highest BCUT2D eigenvalue weighted by Crippen LogP contribution is 2.04. The van der Waals surface area contributed by atoms with Gasteiger partial charge in [-0.05, 0) is 18.6 Å². The van der Waals surface area contributed by atoms with E-state index in [0.717, 1.165) is 6.42 Å². The Kier molecular flexibility index (Phi) is 4.93. The first-order valence-electron chi connectivity index (χ1n) is 5.34. The van der Waals surface area contributed by atoms with Crippen molar-refractivity contribution in [3.8, 4) is 0 Å². The molecule has 0 aliphatic rings. The molecule has 92 valence electrons. The second kappa shape index (κ2) is 6.47. The molecule has 0 aliphatic carbocycles. The van der Waals surface area contributed by atoms with Crippen molar-refractivity contribution < 1.29 is 10.0 Å². The molecule has 0 spiro atoms. The van der Waals surface area contributed by atoms with Gasteiger partial charge in [-0.15, -0.1) is 0 Å². The van der Waals surface area contributed by atoms with E-state index in [1.807, 2.05) is 6.92 Å². The smallest absolute Gasteiger partial charge is 0.254 e. The van der Waals surface area contributed by atoms with Crippen molar-refractivity contribution in [3.63, 3.8) is 0 Å². The molecule has 1 rings (SSSR count). The van der Waals surface area contributed by atoms with Crippen LogP contribution in [0.3, 0.4) is 0 Å². The molecule has 6 nitrogen and oxygen atoms in total. The standard InChI is InChI=1S/C11H16N4O2/c1-2-7-15(8-10(12)14-17)11(16)9-3-5-13-6-4-9/h3-6,17H,2,7-8H2,1H3,(H2,12,14). The third kappa shape index (κ3) is 3.75. The van der Waals surface area contributed by atoms with Gasteiger partial charge in [0.2, 0.25) is 0 Å². The Balaban J connectivity index is 2.80. The van der Waals surface area contributed by atoms with Crippen LogP contribution in [0.25, 0.3) is 0 Å². The minimum atomic E-state index is -0.152. The summed E-state index contributed by atoms with van der Waals surface area (Å²) in [6.45, 7) is 2.63. The minimum absolute atomic E-state index is 0.0147. The number of amidine groups is 1. The number of nitrogens with zero attached hydrogens (tertiary/aromatic N) is 3. The second-order valence-corrected chi connectivity index (χ2v) is 3.55. The molecular formula is C11H16N4O2. The van der Waals surface area contributed by atoms with Gasteiger partial charge in [0.1, 0.15) is 0 Å². The molecule has 0 unspecified atom stereocenters. The molecule has 0 bridgehead atoms. The van der Waals surface area contributed by atoms with Gasteiger partial charge in [-0.2, -0.15) is 0 Å². The highest BCUT2D eigenvalue weighted by atomic mass is 16.4. The molecule has 1 aromatic rings. The molecule has 0 radical (unpaired) electrons. The fraction of sp³-hybridized carbons (Fsp3) is 0.364. The molecule has 6 heteroatoms. The Morgan fingerprint density at radius 2 is 2.18 bits per heavy atom. The molecule has 0 atom stereocenters. The molecule has 1 heterocycles. The highest BCUT2D eigenvalue weighted by molar-refractivity contribution is 5.96. The van der Waals surface area contributed by atoms with Crippen LogP contribution in [0, 0.1) is 0 Å². The molecule has 0 fully saturated rings. The average Bonchev–Trinajstić information content (AvgIpc) is 2.38. The van der Waals surface area contributed by atoms with Crippen molar-refractivity contribution in [2.45, 2.75) is 13.3 Å². The van der Waals surface area contributed by atoms with Crippen molar-refractivity contribution in [1.82, 2.24) is 9.88 Å². The summed E-state index contributed by atoms with van der Waals surface area (Å²) in [6.07, 6.45) is 3.91. The van der Waals surface area contributed by atoms with Crippen molar-refractivity contribution in [3.05, 3.63) is 30.1 Å². The Morgan fingerprint density at radius 3 is 2.71 bits per heavy atom. The number of rotatable bonds is 5. The van der Waals surface area contributed by atoms with Crippen LogP contribution < -0.4 is 5.73 Å². The fourth-order valence-electron chi connectivity index (χ4n) is 1.43. The first-order valence-corrected chi connectivity index (χ1v) is 5.34. The SMILES string of the molecule is CCCN(CC(N)=NO)C(=O)c1ccncc1. The van der Waals surface area contributed by atoms with Crippen LogP contribution in [0.1, 0.15) is 23.7 Å². The molecule has 0 saturated heterocycles. The fourth-order valence-corrected chi connectivity index (χ4v) is 1.43. The predicted octanol–water partition coefficient (Wildman–Crippen LogP) is 0.680. The summed E-state index contributed by atoms with van der Waals surface area (Å²) in [4.78, 5) is 17.5. The Morgan fingerprint density at radius 1 is 1.53 bits per heavy atom. The molecule has 1 amide bonds. The largest absolute Gasteiger partial charge is 0.409 e. The molecule has 3 N–H and O–H groups in total. The summed E-state index contributed by atoms with van der Waals surface area (Å²) in [7, 11) is 0. The first kappa shape index (κ1) is 13.0. The summed E-state index contributed by atoms with van der Waals surface area (Å²) in [6, 6.07) is 3.27. The highest BCUT2D eigenvalue weighted by Gasteiger charge is 2.15. The molecule has 0 saturated carbocycles. The number of nitrogens with two attached hydrogens (primary N) is 1. The van der Waals surface area contributed by atoms with E-state index in [1.54, 1.807) is 24.5 Å². The molecule has 1 aromatic heterocycles. The Labute approximate surface area is 99.7 Å². The lowest BCUT2D eigenvalue weighted by Crippen LogP contribution is -2.39. The number of carbonyl (C=O) groups excluding carboxylic acids is 1. The van der Waals surface area contributed by atoms with Gasteiger partial charge in [0, 0.05) is 24.5 Å². The summed E-state index contributed by atoms with van der Waals surface area (Å²) in [5.74, 6) is -0.137. The van der Waals surface area contributed by atoms with Crippen LogP contribution in [0.15, 0.2) is 29.7 Å². The normalized spacial score (nSPS) is 11.2. The summed E-state index contributed by atoms with van der Waals surface area (Å²) < 4.78 is 0. The van der Waals surface area contributed by atoms with E-state index in [2.05, 4.69) is 10.1 Å². The van der Waals surface area contributed by atoms with E-state index in [4.69, 9.17) is 10.9 Å². The van der Waals surface area contributed by atoms with Crippen molar-refractivity contribution in [2.75, 3.05) is 13.1 Å². The van der Waals surface area contributed by atoms with Crippen LogP contribution in [0.2, 0.25) is 0 Å². The monoisotopic (exact) mass is 236 g/mol. The van der Waals surface area contributed by atoms with E-state index >= 15 is 0 Å². The molecule has 17 heavy (non-hydrogen) atoms. The number of pyridine rings is 1. The zero-order chi connectivity index (χ0) is 12.7. The molecule has 0 aromatic carbocycles. The first-order chi connectivity index (χ1) is 8.19. The number of hydrogen-bond acceptors (Lipinski definition) is 4. The van der Waals surface area contributed by atoms with Crippen molar-refractivity contribution in [1.29, 1.82) is 0 Å². The number of oxime groups is 1. The van der Waals surface area contributed by atoms with E-state index in [9.17, 15) is 4.79 Å². The van der Waals surface area contributed by atoms with Crippen LogP contribution in [0.4, 0.5) is 0 Å². The van der Waals surface area contributed by atoms with Gasteiger partial charge in [0.15, 0.2) is 5.84 Å². The van der Waals surface area contributed by atoms with Gasteiger partial charge in [0.25, 0.3) is 5.91 Å². The number of amides is 1. The van der Waals surface area contributed by atoms with Gasteiger partial charge in [-0.1, -0.05) is 12.1 Å². The maximum Gasteiger partial charge on any atom is 0.254 e. The zero-order valence-electron chi connectivity index (χ0n) is 9.71. The second-order valence-electron chi connectivity index (χ2n) is 3.55. The lowest BCUT2D eigenvalue weighted by molar-refractivity contribution is 0.0778. The lowest BCUT2D eigenvalue weighted by atomic mass is 10.2. The third-order valence-electron chi connectivity index (χ3n) is 2.19. The Hall–Kier alpha value is -2.11.